The van der Waals surface area contributed by atoms with Crippen molar-refractivity contribution in [1.29, 1.82) is 0 Å². The molecule has 0 saturated carbocycles. The van der Waals surface area contributed by atoms with E-state index in [0.717, 1.165) is 0 Å². The third kappa shape index (κ3) is 4.33. The van der Waals surface area contributed by atoms with Gasteiger partial charge in [-0.1, -0.05) is 0 Å². The van der Waals surface area contributed by atoms with Crippen molar-refractivity contribution in [3.05, 3.63) is 29.8 Å². The second-order valence-electron chi connectivity index (χ2n) is 3.39. The van der Waals surface area contributed by atoms with Gasteiger partial charge in [-0.25, -0.2) is 0 Å². The number of carboxylic acids is 1. The lowest BCUT2D eigenvalue weighted by atomic mass is 10.1. The molecule has 6 heteroatoms. The van der Waals surface area contributed by atoms with Crippen LogP contribution in [0, 0.1) is 0 Å². The van der Waals surface area contributed by atoms with E-state index in [0.29, 0.717) is 11.3 Å². The van der Waals surface area contributed by atoms with Gasteiger partial charge in [0, 0.05) is 11.3 Å². The Labute approximate surface area is 97.4 Å². The lowest BCUT2D eigenvalue weighted by Crippen LogP contribution is -2.30. The highest BCUT2D eigenvalue weighted by Gasteiger charge is 2.12. The summed E-state index contributed by atoms with van der Waals surface area (Å²) in [5, 5.41) is 10.4. The number of ketones is 1. The first-order valence-electron chi connectivity index (χ1n) is 4.86. The van der Waals surface area contributed by atoms with Gasteiger partial charge in [0.15, 0.2) is 5.78 Å². The first kappa shape index (κ1) is 12.7. The fourth-order valence-corrected chi connectivity index (χ4v) is 1.15. The van der Waals surface area contributed by atoms with E-state index < -0.39 is 18.4 Å². The van der Waals surface area contributed by atoms with Gasteiger partial charge in [0.25, 0.3) is 0 Å². The Morgan fingerprint density at radius 2 is 1.76 bits per heavy atom. The highest BCUT2D eigenvalue weighted by Crippen LogP contribution is 2.07. The van der Waals surface area contributed by atoms with Crippen LogP contribution >= 0.6 is 0 Å². The highest BCUT2D eigenvalue weighted by molar-refractivity contribution is 6.07. The summed E-state index contributed by atoms with van der Waals surface area (Å²) in [6.45, 7) is -0.492. The van der Waals surface area contributed by atoms with E-state index in [1.165, 1.54) is 12.1 Å². The molecule has 0 radical (unpaired) electrons. The van der Waals surface area contributed by atoms with E-state index >= 15 is 0 Å². The molecule has 1 aromatic carbocycles. The van der Waals surface area contributed by atoms with Crippen LogP contribution < -0.4 is 11.1 Å². The Balaban J connectivity index is 2.51. The molecule has 0 spiro atoms. The molecule has 0 fully saturated rings. The normalized spacial score (nSPS) is 9.65. The first-order chi connectivity index (χ1) is 7.99. The molecule has 0 aliphatic carbocycles. The van der Waals surface area contributed by atoms with Crippen molar-refractivity contribution in [2.75, 3.05) is 12.3 Å². The summed E-state index contributed by atoms with van der Waals surface area (Å²) in [6, 6.07) is 6.15. The standard InChI is InChI=1S/C11H12N2O4/c12-8-3-1-7(2-4-8)9(14)5-10(15)13-6-11(16)17/h1-4H,5-6,12H2,(H,13,15)(H,16,17). The van der Waals surface area contributed by atoms with Crippen LogP contribution in [-0.2, 0) is 9.59 Å². The third-order valence-corrected chi connectivity index (χ3v) is 1.99. The van der Waals surface area contributed by atoms with Crippen LogP contribution in [0.15, 0.2) is 24.3 Å². The number of nitrogen functional groups attached to an aromatic ring is 1. The molecule has 90 valence electrons. The second-order valence-corrected chi connectivity index (χ2v) is 3.39. The molecule has 0 atom stereocenters. The van der Waals surface area contributed by atoms with Crippen LogP contribution in [-0.4, -0.2) is 29.3 Å². The largest absolute Gasteiger partial charge is 0.480 e. The maximum Gasteiger partial charge on any atom is 0.322 e. The average Bonchev–Trinajstić information content (AvgIpc) is 2.27. The number of Topliss-reactive ketones (excluding diaryl/α,β-unsaturated/α-hetero) is 1. The number of anilines is 1. The van der Waals surface area contributed by atoms with E-state index in [9.17, 15) is 14.4 Å². The number of carboxylic acid groups (broad SMARTS) is 1. The molecule has 1 aromatic rings. The van der Waals surface area contributed by atoms with Gasteiger partial charge in [-0.3, -0.25) is 14.4 Å². The summed E-state index contributed by atoms with van der Waals surface area (Å²) >= 11 is 0. The summed E-state index contributed by atoms with van der Waals surface area (Å²) in [5.74, 6) is -2.15. The minimum Gasteiger partial charge on any atom is -0.480 e. The summed E-state index contributed by atoms with van der Waals surface area (Å²) in [7, 11) is 0. The number of nitrogens with one attached hydrogen (secondary N) is 1. The Morgan fingerprint density at radius 1 is 1.18 bits per heavy atom. The molecule has 1 amide bonds. The molecule has 0 aliphatic heterocycles. The first-order valence-corrected chi connectivity index (χ1v) is 4.86. The quantitative estimate of drug-likeness (QED) is 0.380. The predicted octanol–water partition coefficient (Wildman–Crippen LogP) is 0.0424. The maximum atomic E-state index is 11.6. The van der Waals surface area contributed by atoms with Crippen LogP contribution in [0.4, 0.5) is 5.69 Å². The summed E-state index contributed by atoms with van der Waals surface area (Å²) in [4.78, 5) is 32.9. The Morgan fingerprint density at radius 3 is 2.29 bits per heavy atom. The van der Waals surface area contributed by atoms with Gasteiger partial charge in [0.05, 0.1) is 6.42 Å². The van der Waals surface area contributed by atoms with E-state index in [1.54, 1.807) is 12.1 Å². The Bertz CT molecular complexity index is 439. The van der Waals surface area contributed by atoms with E-state index in [-0.39, 0.29) is 12.2 Å². The molecule has 17 heavy (non-hydrogen) atoms. The van der Waals surface area contributed by atoms with E-state index in [1.807, 2.05) is 0 Å². The Hall–Kier alpha value is -2.37. The number of hydrogen-bond acceptors (Lipinski definition) is 4. The number of carbonyl (C=O) groups excluding carboxylic acids is 2. The van der Waals surface area contributed by atoms with Crippen LogP contribution in [0.2, 0.25) is 0 Å². The molecule has 0 bridgehead atoms. The number of rotatable bonds is 5. The van der Waals surface area contributed by atoms with Gasteiger partial charge in [0.2, 0.25) is 5.91 Å². The maximum absolute atomic E-state index is 11.6. The van der Waals surface area contributed by atoms with Crippen molar-refractivity contribution in [2.24, 2.45) is 0 Å². The fourth-order valence-electron chi connectivity index (χ4n) is 1.15. The number of amides is 1. The van der Waals surface area contributed by atoms with Crippen molar-refractivity contribution in [3.63, 3.8) is 0 Å². The fraction of sp³-hybridized carbons (Fsp3) is 0.182. The average molecular weight is 236 g/mol. The van der Waals surface area contributed by atoms with E-state index in [4.69, 9.17) is 10.8 Å². The lowest BCUT2D eigenvalue weighted by molar-refractivity contribution is -0.137. The lowest BCUT2D eigenvalue weighted by Gasteiger charge is -2.02. The molecule has 0 aliphatic rings. The van der Waals surface area contributed by atoms with Gasteiger partial charge >= 0.3 is 5.97 Å². The van der Waals surface area contributed by atoms with Gasteiger partial charge in [-0.05, 0) is 24.3 Å². The topological polar surface area (TPSA) is 109 Å². The van der Waals surface area contributed by atoms with Crippen LogP contribution in [0.3, 0.4) is 0 Å². The number of hydrogen-bond donors (Lipinski definition) is 3. The molecule has 1 rings (SSSR count). The predicted molar refractivity (Wildman–Crippen MR) is 60.4 cm³/mol. The third-order valence-electron chi connectivity index (χ3n) is 1.99. The van der Waals surface area contributed by atoms with Crippen molar-refractivity contribution in [3.8, 4) is 0 Å². The smallest absolute Gasteiger partial charge is 0.322 e. The monoisotopic (exact) mass is 236 g/mol. The number of benzene rings is 1. The molecule has 0 unspecified atom stereocenters. The van der Waals surface area contributed by atoms with Crippen LogP contribution in [0.25, 0.3) is 0 Å². The summed E-state index contributed by atoms with van der Waals surface area (Å²) in [6.07, 6.45) is -0.378. The molecule has 4 N–H and O–H groups in total. The second kappa shape index (κ2) is 5.64. The van der Waals surface area contributed by atoms with Crippen molar-refractivity contribution >= 4 is 23.3 Å². The zero-order chi connectivity index (χ0) is 12.8. The summed E-state index contributed by atoms with van der Waals surface area (Å²) < 4.78 is 0. The minimum absolute atomic E-state index is 0.365. The Kier molecular flexibility index (Phi) is 4.21. The van der Waals surface area contributed by atoms with Gasteiger partial charge in [-0.15, -0.1) is 0 Å². The molecule has 0 heterocycles. The molecular weight excluding hydrogens is 224 g/mol. The number of aliphatic carboxylic acids is 1. The molecular formula is C11H12N2O4. The summed E-state index contributed by atoms with van der Waals surface area (Å²) in [5.41, 5.74) is 6.34. The van der Waals surface area contributed by atoms with Crippen LogP contribution in [0.5, 0.6) is 0 Å². The van der Waals surface area contributed by atoms with Crippen LogP contribution in [0.1, 0.15) is 16.8 Å². The van der Waals surface area contributed by atoms with Crippen molar-refractivity contribution in [1.82, 2.24) is 5.32 Å². The van der Waals surface area contributed by atoms with Crippen molar-refractivity contribution in [2.45, 2.75) is 6.42 Å². The molecule has 0 saturated heterocycles. The van der Waals surface area contributed by atoms with Crippen molar-refractivity contribution < 1.29 is 19.5 Å². The molecule has 6 nitrogen and oxygen atoms in total. The van der Waals surface area contributed by atoms with Gasteiger partial charge in [-0.2, -0.15) is 0 Å². The van der Waals surface area contributed by atoms with E-state index in [2.05, 4.69) is 5.32 Å². The number of carbonyl (C=O) groups is 3. The molecule has 0 aromatic heterocycles. The van der Waals surface area contributed by atoms with Gasteiger partial charge < -0.3 is 16.2 Å². The zero-order valence-corrected chi connectivity index (χ0v) is 8.97. The van der Waals surface area contributed by atoms with Gasteiger partial charge in [0.1, 0.15) is 6.54 Å². The zero-order valence-electron chi connectivity index (χ0n) is 8.97. The highest BCUT2D eigenvalue weighted by atomic mass is 16.4. The number of nitrogens with two attached hydrogens (primary N) is 1. The minimum atomic E-state index is -1.15. The SMILES string of the molecule is Nc1ccc(C(=O)CC(=O)NCC(=O)O)cc1.